The molecule has 1 amide bonds. The molecule has 0 atom stereocenters. The molecule has 24 heavy (non-hydrogen) atoms. The summed E-state index contributed by atoms with van der Waals surface area (Å²) in [5.41, 5.74) is 2.35. The summed E-state index contributed by atoms with van der Waals surface area (Å²) in [4.78, 5) is 18.9. The Hall–Kier alpha value is -2.10. The first kappa shape index (κ1) is 16.7. The molecule has 0 spiro atoms. The monoisotopic (exact) mass is 325 g/mol. The molecule has 1 fully saturated rings. The lowest BCUT2D eigenvalue weighted by atomic mass is 10.0. The summed E-state index contributed by atoms with van der Waals surface area (Å²) in [6.07, 6.45) is 4.62. The fraction of sp³-hybridized carbons (Fsp3) is 0.500. The second-order valence-corrected chi connectivity index (χ2v) is 7.17. The smallest absolute Gasteiger partial charge is 0.222 e. The predicted octanol–water partition coefficient (Wildman–Crippen LogP) is 4.07. The van der Waals surface area contributed by atoms with E-state index in [-0.39, 0.29) is 0 Å². The second kappa shape index (κ2) is 7.20. The van der Waals surface area contributed by atoms with Gasteiger partial charge < -0.3 is 9.47 Å². The maximum atomic E-state index is 12.3. The standard InChI is InChI=1S/C20H27N3O/c1-15(2)13-19(24)22-11-9-18(10-12-22)23-16(3)14-21-20(23)17-7-5-4-6-8-17/h4-8,14-15,18H,9-13H2,1-3H3. The SMILES string of the molecule is Cc1cnc(-c2ccccc2)n1C1CCN(C(=O)CC(C)C)CC1. The number of hydrogen-bond donors (Lipinski definition) is 0. The minimum atomic E-state index is 0.300. The van der Waals surface area contributed by atoms with Crippen molar-refractivity contribution in [2.45, 2.75) is 46.1 Å². The molecule has 2 heterocycles. The number of likely N-dealkylation sites (tertiary alicyclic amines) is 1. The third kappa shape index (κ3) is 3.53. The minimum absolute atomic E-state index is 0.300. The molecule has 0 N–H and O–H groups in total. The fourth-order valence-electron chi connectivity index (χ4n) is 3.56. The zero-order chi connectivity index (χ0) is 17.1. The van der Waals surface area contributed by atoms with Crippen molar-refractivity contribution in [3.63, 3.8) is 0 Å². The van der Waals surface area contributed by atoms with Crippen molar-refractivity contribution in [3.05, 3.63) is 42.2 Å². The van der Waals surface area contributed by atoms with E-state index in [2.05, 4.69) is 54.6 Å². The van der Waals surface area contributed by atoms with Crippen molar-refractivity contribution >= 4 is 5.91 Å². The summed E-state index contributed by atoms with van der Waals surface area (Å²) in [7, 11) is 0. The van der Waals surface area contributed by atoms with Crippen LogP contribution in [0, 0.1) is 12.8 Å². The van der Waals surface area contributed by atoms with Crippen molar-refractivity contribution in [1.82, 2.24) is 14.5 Å². The molecular weight excluding hydrogens is 298 g/mol. The zero-order valence-electron chi connectivity index (χ0n) is 14.9. The van der Waals surface area contributed by atoms with E-state index in [1.165, 1.54) is 5.69 Å². The van der Waals surface area contributed by atoms with Crippen LogP contribution in [0.15, 0.2) is 36.5 Å². The molecule has 0 aliphatic carbocycles. The van der Waals surface area contributed by atoms with Gasteiger partial charge in [0, 0.05) is 43.0 Å². The zero-order valence-corrected chi connectivity index (χ0v) is 14.9. The van der Waals surface area contributed by atoms with Gasteiger partial charge in [0.2, 0.25) is 5.91 Å². The Bertz CT molecular complexity index is 682. The maximum Gasteiger partial charge on any atom is 0.222 e. The van der Waals surface area contributed by atoms with Crippen molar-refractivity contribution in [2.24, 2.45) is 5.92 Å². The Labute approximate surface area is 144 Å². The average molecular weight is 325 g/mol. The number of nitrogens with zero attached hydrogens (tertiary/aromatic N) is 3. The molecule has 1 aromatic carbocycles. The third-order valence-corrected chi connectivity index (χ3v) is 4.78. The van der Waals surface area contributed by atoms with E-state index in [0.717, 1.165) is 37.3 Å². The van der Waals surface area contributed by atoms with E-state index >= 15 is 0 Å². The molecule has 0 saturated carbocycles. The number of amides is 1. The fourth-order valence-corrected chi connectivity index (χ4v) is 3.56. The predicted molar refractivity (Wildman–Crippen MR) is 96.7 cm³/mol. The second-order valence-electron chi connectivity index (χ2n) is 7.17. The van der Waals surface area contributed by atoms with Crippen molar-refractivity contribution in [3.8, 4) is 11.4 Å². The molecular formula is C20H27N3O. The van der Waals surface area contributed by atoms with E-state index in [1.54, 1.807) is 0 Å². The number of piperidine rings is 1. The molecule has 4 nitrogen and oxygen atoms in total. The number of imidazole rings is 1. The molecule has 1 saturated heterocycles. The Kier molecular flexibility index (Phi) is 5.03. The van der Waals surface area contributed by atoms with Crippen molar-refractivity contribution < 1.29 is 4.79 Å². The number of rotatable bonds is 4. The van der Waals surface area contributed by atoms with Crippen LogP contribution in [0.4, 0.5) is 0 Å². The van der Waals surface area contributed by atoms with Gasteiger partial charge >= 0.3 is 0 Å². The quantitative estimate of drug-likeness (QED) is 0.850. The van der Waals surface area contributed by atoms with E-state index in [0.29, 0.717) is 24.3 Å². The number of aryl methyl sites for hydroxylation is 1. The van der Waals surface area contributed by atoms with Gasteiger partial charge in [-0.3, -0.25) is 4.79 Å². The Morgan fingerprint density at radius 1 is 1.21 bits per heavy atom. The molecule has 0 radical (unpaired) electrons. The molecule has 3 rings (SSSR count). The first-order chi connectivity index (χ1) is 11.6. The highest BCUT2D eigenvalue weighted by Gasteiger charge is 2.26. The first-order valence-electron chi connectivity index (χ1n) is 8.93. The lowest BCUT2D eigenvalue weighted by molar-refractivity contribution is -0.133. The van der Waals surface area contributed by atoms with E-state index < -0.39 is 0 Å². The van der Waals surface area contributed by atoms with Gasteiger partial charge in [-0.25, -0.2) is 4.98 Å². The Balaban J connectivity index is 1.74. The summed E-state index contributed by atoms with van der Waals surface area (Å²) >= 11 is 0. The molecule has 1 aliphatic heterocycles. The van der Waals surface area contributed by atoms with Crippen molar-refractivity contribution in [1.29, 1.82) is 0 Å². The summed E-state index contributed by atoms with van der Waals surface area (Å²) in [6, 6.07) is 10.8. The third-order valence-electron chi connectivity index (χ3n) is 4.78. The van der Waals surface area contributed by atoms with Gasteiger partial charge in [-0.15, -0.1) is 0 Å². The molecule has 1 aliphatic rings. The van der Waals surface area contributed by atoms with Crippen LogP contribution >= 0.6 is 0 Å². The van der Waals surface area contributed by atoms with E-state index in [9.17, 15) is 4.79 Å². The van der Waals surface area contributed by atoms with Crippen LogP contribution in [0.2, 0.25) is 0 Å². The average Bonchev–Trinajstić information content (AvgIpc) is 2.97. The highest BCUT2D eigenvalue weighted by Crippen LogP contribution is 2.30. The normalized spacial score (nSPS) is 15.9. The van der Waals surface area contributed by atoms with Crippen LogP contribution in [0.3, 0.4) is 0 Å². The lowest BCUT2D eigenvalue weighted by Gasteiger charge is -2.34. The van der Waals surface area contributed by atoms with Crippen LogP contribution < -0.4 is 0 Å². The number of carbonyl (C=O) groups is 1. The van der Waals surface area contributed by atoms with Crippen LogP contribution in [0.5, 0.6) is 0 Å². The summed E-state index contributed by atoms with van der Waals surface area (Å²) in [5.74, 6) is 1.77. The lowest BCUT2D eigenvalue weighted by Crippen LogP contribution is -2.39. The summed E-state index contributed by atoms with van der Waals surface area (Å²) < 4.78 is 2.36. The highest BCUT2D eigenvalue weighted by molar-refractivity contribution is 5.76. The van der Waals surface area contributed by atoms with Crippen LogP contribution in [-0.2, 0) is 4.79 Å². The first-order valence-corrected chi connectivity index (χ1v) is 8.93. The van der Waals surface area contributed by atoms with Gasteiger partial charge in [0.25, 0.3) is 0 Å². The number of benzene rings is 1. The van der Waals surface area contributed by atoms with E-state index in [4.69, 9.17) is 0 Å². The summed E-state index contributed by atoms with van der Waals surface area (Å²) in [6.45, 7) is 8.02. The van der Waals surface area contributed by atoms with Crippen molar-refractivity contribution in [2.75, 3.05) is 13.1 Å². The largest absolute Gasteiger partial charge is 0.343 e. The van der Waals surface area contributed by atoms with Crippen LogP contribution in [0.1, 0.15) is 44.8 Å². The minimum Gasteiger partial charge on any atom is -0.343 e. The Morgan fingerprint density at radius 3 is 2.50 bits per heavy atom. The van der Waals surface area contributed by atoms with Gasteiger partial charge in [0.1, 0.15) is 5.82 Å². The van der Waals surface area contributed by atoms with Gasteiger partial charge in [0.05, 0.1) is 0 Å². The number of hydrogen-bond acceptors (Lipinski definition) is 2. The molecule has 4 heteroatoms. The number of aromatic nitrogens is 2. The molecule has 2 aromatic rings. The van der Waals surface area contributed by atoms with Crippen LogP contribution in [0.25, 0.3) is 11.4 Å². The van der Waals surface area contributed by atoms with Gasteiger partial charge in [-0.1, -0.05) is 44.2 Å². The Morgan fingerprint density at radius 2 is 1.88 bits per heavy atom. The van der Waals surface area contributed by atoms with Gasteiger partial charge in [-0.05, 0) is 25.7 Å². The molecule has 0 bridgehead atoms. The number of carbonyl (C=O) groups excluding carboxylic acids is 1. The maximum absolute atomic E-state index is 12.3. The molecule has 1 aromatic heterocycles. The van der Waals surface area contributed by atoms with Gasteiger partial charge in [-0.2, -0.15) is 0 Å². The molecule has 0 unspecified atom stereocenters. The van der Waals surface area contributed by atoms with E-state index in [1.807, 2.05) is 17.2 Å². The van der Waals surface area contributed by atoms with Gasteiger partial charge in [0.15, 0.2) is 0 Å². The topological polar surface area (TPSA) is 38.1 Å². The highest BCUT2D eigenvalue weighted by atomic mass is 16.2. The van der Waals surface area contributed by atoms with Crippen LogP contribution in [-0.4, -0.2) is 33.4 Å². The molecule has 128 valence electrons. The summed E-state index contributed by atoms with van der Waals surface area (Å²) in [5, 5.41) is 0.